The van der Waals surface area contributed by atoms with E-state index in [4.69, 9.17) is 20.2 Å². The van der Waals surface area contributed by atoms with E-state index < -0.39 is 0 Å². The predicted octanol–water partition coefficient (Wildman–Crippen LogP) is 4.85. The number of nitriles is 1. The van der Waals surface area contributed by atoms with Crippen molar-refractivity contribution in [2.75, 3.05) is 5.32 Å². The van der Waals surface area contributed by atoms with Crippen LogP contribution < -0.4 is 5.32 Å². The van der Waals surface area contributed by atoms with Gasteiger partial charge in [-0.25, -0.2) is 15.0 Å². The molecule has 166 valence electrons. The van der Waals surface area contributed by atoms with Crippen LogP contribution in [0.5, 0.6) is 0 Å². The molecule has 33 heavy (non-hydrogen) atoms. The molecular weight excluding hydrogens is 430 g/mol. The van der Waals surface area contributed by atoms with Crippen molar-refractivity contribution in [3.8, 4) is 6.07 Å². The van der Waals surface area contributed by atoms with Gasteiger partial charge in [-0.15, -0.1) is 11.3 Å². The zero-order chi connectivity index (χ0) is 22.6. The lowest BCUT2D eigenvalue weighted by atomic mass is 9.93. The van der Waals surface area contributed by atoms with Crippen LogP contribution in [-0.2, 0) is 12.8 Å². The Morgan fingerprint density at radius 3 is 2.45 bits per heavy atom. The summed E-state index contributed by atoms with van der Waals surface area (Å²) in [4.78, 5) is 14.4. The first-order chi connectivity index (χ1) is 16.1. The lowest BCUT2D eigenvalue weighted by molar-refractivity contribution is 0.126. The van der Waals surface area contributed by atoms with Crippen molar-refractivity contribution in [2.45, 2.75) is 50.7 Å². The maximum absolute atomic E-state index is 9.82. The fraction of sp³-hybridized carbons (Fsp3) is 0.308. The molecule has 2 aromatic carbocycles. The van der Waals surface area contributed by atoms with E-state index in [-0.39, 0.29) is 12.1 Å². The van der Waals surface area contributed by atoms with Crippen molar-refractivity contribution in [1.29, 1.82) is 5.26 Å². The quantitative estimate of drug-likeness (QED) is 0.431. The van der Waals surface area contributed by atoms with Gasteiger partial charge in [0.2, 0.25) is 5.95 Å². The van der Waals surface area contributed by atoms with Gasteiger partial charge in [-0.2, -0.15) is 5.26 Å². The average Bonchev–Trinajstić information content (AvgIpc) is 3.22. The largest absolute Gasteiger partial charge is 0.393 e. The van der Waals surface area contributed by atoms with Crippen molar-refractivity contribution < 1.29 is 5.11 Å². The highest BCUT2D eigenvalue weighted by Crippen LogP contribution is 2.26. The van der Waals surface area contributed by atoms with Crippen LogP contribution in [0.25, 0.3) is 10.2 Å². The molecule has 1 aliphatic carbocycles. The highest BCUT2D eigenvalue weighted by molar-refractivity contribution is 7.18. The van der Waals surface area contributed by atoms with Crippen LogP contribution in [0.1, 0.15) is 53.2 Å². The molecule has 1 fully saturated rings. The molecule has 1 saturated carbocycles. The van der Waals surface area contributed by atoms with Crippen LogP contribution in [0.4, 0.5) is 5.95 Å². The normalized spacial score (nSPS) is 18.2. The minimum atomic E-state index is -0.190. The van der Waals surface area contributed by atoms with E-state index >= 15 is 0 Å². The van der Waals surface area contributed by atoms with E-state index in [2.05, 4.69) is 29.6 Å². The number of aliphatic hydroxyl groups is 1. The average molecular weight is 456 g/mol. The molecule has 0 atom stereocenters. The Morgan fingerprint density at radius 2 is 1.70 bits per heavy atom. The smallest absolute Gasteiger partial charge is 0.223 e. The number of benzene rings is 2. The van der Waals surface area contributed by atoms with Crippen LogP contribution in [0.2, 0.25) is 0 Å². The second-order valence-electron chi connectivity index (χ2n) is 8.57. The molecule has 1 aliphatic rings. The minimum absolute atomic E-state index is 0.190. The molecular formula is C26H25N5OS. The Bertz CT molecular complexity index is 1290. The molecule has 0 bridgehead atoms. The monoisotopic (exact) mass is 455 g/mol. The molecule has 0 aliphatic heterocycles. The van der Waals surface area contributed by atoms with Gasteiger partial charge in [0.25, 0.3) is 0 Å². The summed E-state index contributed by atoms with van der Waals surface area (Å²) in [6, 6.07) is 20.5. The summed E-state index contributed by atoms with van der Waals surface area (Å²) in [6.45, 7) is 0. The van der Waals surface area contributed by atoms with E-state index in [0.29, 0.717) is 17.9 Å². The number of aromatic nitrogens is 3. The van der Waals surface area contributed by atoms with Crippen molar-refractivity contribution in [3.63, 3.8) is 0 Å². The highest BCUT2D eigenvalue weighted by atomic mass is 32.1. The lowest BCUT2D eigenvalue weighted by Crippen LogP contribution is -2.29. The second kappa shape index (κ2) is 9.65. The van der Waals surface area contributed by atoms with Crippen molar-refractivity contribution >= 4 is 27.5 Å². The number of thiazole rings is 1. The molecule has 0 unspecified atom stereocenters. The van der Waals surface area contributed by atoms with Crippen molar-refractivity contribution in [3.05, 3.63) is 82.1 Å². The van der Waals surface area contributed by atoms with E-state index in [1.807, 2.05) is 30.3 Å². The van der Waals surface area contributed by atoms with E-state index in [9.17, 15) is 5.11 Å². The van der Waals surface area contributed by atoms with Crippen molar-refractivity contribution in [1.82, 2.24) is 15.0 Å². The third kappa shape index (κ3) is 5.36. The Balaban J connectivity index is 1.42. The summed E-state index contributed by atoms with van der Waals surface area (Å²) in [7, 11) is 0. The van der Waals surface area contributed by atoms with E-state index in [1.165, 1.54) is 5.56 Å². The Labute approximate surface area is 197 Å². The Hall–Kier alpha value is -3.34. The molecule has 7 heteroatoms. The molecule has 0 saturated heterocycles. The molecule has 5 rings (SSSR count). The molecule has 0 spiro atoms. The van der Waals surface area contributed by atoms with E-state index in [0.717, 1.165) is 58.7 Å². The molecule has 2 N–H and O–H groups in total. The lowest BCUT2D eigenvalue weighted by Gasteiger charge is -2.26. The van der Waals surface area contributed by atoms with Gasteiger partial charge in [-0.05, 0) is 55.5 Å². The summed E-state index contributed by atoms with van der Waals surface area (Å²) < 4.78 is 1.02. The van der Waals surface area contributed by atoms with Gasteiger partial charge < -0.3 is 10.4 Å². The number of hydrogen-bond acceptors (Lipinski definition) is 7. The van der Waals surface area contributed by atoms with Crippen LogP contribution >= 0.6 is 11.3 Å². The second-order valence-corrected chi connectivity index (χ2v) is 9.68. The zero-order valence-electron chi connectivity index (χ0n) is 18.2. The molecule has 2 heterocycles. The number of nitrogens with zero attached hydrogens (tertiary/aromatic N) is 4. The Morgan fingerprint density at radius 1 is 0.939 bits per heavy atom. The molecule has 4 aromatic rings. The minimum Gasteiger partial charge on any atom is -0.393 e. The summed E-state index contributed by atoms with van der Waals surface area (Å²) >= 11 is 1.60. The molecule has 0 amide bonds. The molecule has 6 nitrogen and oxygen atoms in total. The van der Waals surface area contributed by atoms with Gasteiger partial charge in [-0.3, -0.25) is 0 Å². The fourth-order valence-corrected chi connectivity index (χ4v) is 5.30. The van der Waals surface area contributed by atoms with Gasteiger partial charge in [0, 0.05) is 18.9 Å². The Kier molecular flexibility index (Phi) is 6.29. The fourth-order valence-electron chi connectivity index (χ4n) is 4.28. The first kappa shape index (κ1) is 21.5. The summed E-state index contributed by atoms with van der Waals surface area (Å²) in [6.07, 6.45) is 4.62. The van der Waals surface area contributed by atoms with Crippen LogP contribution in [0, 0.1) is 11.3 Å². The van der Waals surface area contributed by atoms with Crippen LogP contribution in [0.3, 0.4) is 0 Å². The van der Waals surface area contributed by atoms with Crippen LogP contribution in [-0.4, -0.2) is 32.2 Å². The molecule has 0 radical (unpaired) electrons. The number of hydrogen-bond donors (Lipinski definition) is 2. The predicted molar refractivity (Wildman–Crippen MR) is 130 cm³/mol. The third-order valence-corrected chi connectivity index (χ3v) is 7.00. The topological polar surface area (TPSA) is 94.7 Å². The summed E-state index contributed by atoms with van der Waals surface area (Å²) in [5.41, 5.74) is 4.66. The number of rotatable bonds is 6. The number of aliphatic hydroxyl groups excluding tert-OH is 1. The SMILES string of the molecule is N#Cc1ccc2nc(Cc3cc(Cc4ccccc4)nc(NC4CCC(O)CC4)n3)sc2c1. The van der Waals surface area contributed by atoms with Gasteiger partial charge in [0.1, 0.15) is 0 Å². The van der Waals surface area contributed by atoms with Gasteiger partial charge in [-0.1, -0.05) is 30.3 Å². The number of anilines is 1. The van der Waals surface area contributed by atoms with Gasteiger partial charge in [0.15, 0.2) is 0 Å². The summed E-state index contributed by atoms with van der Waals surface area (Å²) in [5.74, 6) is 0.646. The van der Waals surface area contributed by atoms with E-state index in [1.54, 1.807) is 17.4 Å². The third-order valence-electron chi connectivity index (χ3n) is 5.98. The first-order valence-electron chi connectivity index (χ1n) is 11.3. The molecule has 2 aromatic heterocycles. The highest BCUT2D eigenvalue weighted by Gasteiger charge is 2.20. The van der Waals surface area contributed by atoms with Crippen LogP contribution in [0.15, 0.2) is 54.6 Å². The standard InChI is InChI=1S/C26H25N5OS/c27-16-18-6-11-23-24(13-18)33-25(31-23)15-21-14-20(12-17-4-2-1-3-5-17)29-26(30-21)28-19-7-9-22(32)10-8-19/h1-6,11,13-14,19,22,32H,7-10,12,15H2,(H,28,29,30). The summed E-state index contributed by atoms with van der Waals surface area (Å²) in [5, 5.41) is 23.5. The van der Waals surface area contributed by atoms with Gasteiger partial charge >= 0.3 is 0 Å². The maximum Gasteiger partial charge on any atom is 0.223 e. The van der Waals surface area contributed by atoms with Gasteiger partial charge in [0.05, 0.1) is 44.3 Å². The number of fused-ring (bicyclic) bond motifs is 1. The zero-order valence-corrected chi connectivity index (χ0v) is 19.1. The maximum atomic E-state index is 9.82. The first-order valence-corrected chi connectivity index (χ1v) is 12.1. The van der Waals surface area contributed by atoms with Crippen molar-refractivity contribution in [2.24, 2.45) is 0 Å². The number of nitrogens with one attached hydrogen (secondary N) is 1.